The molecule has 5 heteroatoms. The Labute approximate surface area is 269 Å². The average Bonchev–Trinajstić information content (AvgIpc) is 3.36. The largest absolute Gasteiger partial charge is 0.462 e. The Morgan fingerprint density at radius 1 is 0.795 bits per heavy atom. The van der Waals surface area contributed by atoms with Gasteiger partial charge in [-0.2, -0.15) is 0 Å². The van der Waals surface area contributed by atoms with E-state index in [-0.39, 0.29) is 39.1 Å². The molecular weight excluding hydrogens is 544 g/mol. The molecule has 5 nitrogen and oxygen atoms in total. The van der Waals surface area contributed by atoms with Crippen LogP contribution in [0, 0.1) is 56.7 Å². The molecule has 0 aliphatic heterocycles. The number of allylic oxidation sites excluding steroid dienone is 1. The molecule has 5 saturated carbocycles. The maximum Gasteiger partial charge on any atom is 0.302 e. The maximum atomic E-state index is 14.3. The van der Waals surface area contributed by atoms with Gasteiger partial charge in [-0.1, -0.05) is 66.0 Å². The number of hydrogen-bond acceptors (Lipinski definition) is 4. The van der Waals surface area contributed by atoms with E-state index < -0.39 is 0 Å². The number of amides is 1. The third-order valence-electron chi connectivity index (χ3n) is 15.4. The Kier molecular flexibility index (Phi) is 9.54. The number of ether oxygens (including phenoxy) is 1. The summed E-state index contributed by atoms with van der Waals surface area (Å²) in [7, 11) is 0. The van der Waals surface area contributed by atoms with Crippen LogP contribution in [0.1, 0.15) is 145 Å². The van der Waals surface area contributed by atoms with E-state index in [9.17, 15) is 9.59 Å². The molecule has 3 N–H and O–H groups in total. The van der Waals surface area contributed by atoms with Crippen molar-refractivity contribution in [3.05, 3.63) is 12.2 Å². The van der Waals surface area contributed by atoms with Gasteiger partial charge < -0.3 is 15.8 Å². The van der Waals surface area contributed by atoms with Crippen molar-refractivity contribution in [2.45, 2.75) is 151 Å². The van der Waals surface area contributed by atoms with Crippen molar-refractivity contribution in [2.24, 2.45) is 62.4 Å². The molecule has 0 aromatic heterocycles. The second kappa shape index (κ2) is 12.3. The molecule has 0 heterocycles. The van der Waals surface area contributed by atoms with Crippen LogP contribution in [-0.4, -0.2) is 31.1 Å². The normalized spacial score (nSPS) is 44.0. The molecule has 5 aliphatic rings. The molecule has 0 bridgehead atoms. The van der Waals surface area contributed by atoms with Crippen LogP contribution in [0.5, 0.6) is 0 Å². The summed E-state index contributed by atoms with van der Waals surface area (Å²) in [6.45, 7) is 22.6. The smallest absolute Gasteiger partial charge is 0.302 e. The second-order valence-corrected chi connectivity index (χ2v) is 17.6. The monoisotopic (exact) mass is 611 g/mol. The number of fused-ring (bicyclic) bond motifs is 7. The number of carbonyl (C=O) groups excluding carboxylic acids is 2. The number of nitrogens with one attached hydrogen (secondary N) is 1. The van der Waals surface area contributed by atoms with Crippen molar-refractivity contribution in [1.29, 1.82) is 0 Å². The fourth-order valence-corrected chi connectivity index (χ4v) is 13.1. The van der Waals surface area contributed by atoms with E-state index in [4.69, 9.17) is 10.5 Å². The van der Waals surface area contributed by atoms with Crippen molar-refractivity contribution in [1.82, 2.24) is 5.32 Å². The topological polar surface area (TPSA) is 81.4 Å². The summed E-state index contributed by atoms with van der Waals surface area (Å²) in [5, 5.41) is 3.48. The average molecular weight is 611 g/mol. The molecule has 10 atom stereocenters. The Morgan fingerprint density at radius 3 is 2.18 bits per heavy atom. The van der Waals surface area contributed by atoms with Gasteiger partial charge in [0, 0.05) is 18.9 Å². The number of carbonyl (C=O) groups is 2. The molecule has 1 amide bonds. The molecule has 5 aliphatic carbocycles. The highest BCUT2D eigenvalue weighted by atomic mass is 16.5. The lowest BCUT2D eigenvalue weighted by Gasteiger charge is -2.72. The minimum absolute atomic E-state index is 0.0154. The van der Waals surface area contributed by atoms with Gasteiger partial charge in [0.05, 0.1) is 5.41 Å². The van der Waals surface area contributed by atoms with Crippen molar-refractivity contribution in [3.63, 3.8) is 0 Å². The Balaban J connectivity index is 1.39. The van der Waals surface area contributed by atoms with Crippen LogP contribution in [0.3, 0.4) is 0 Å². The van der Waals surface area contributed by atoms with E-state index >= 15 is 0 Å². The number of nitrogens with two attached hydrogens (primary N) is 1. The summed E-state index contributed by atoms with van der Waals surface area (Å²) in [6.07, 6.45) is 17.2. The molecule has 0 aromatic carbocycles. The molecular formula is C39H66N2O3. The van der Waals surface area contributed by atoms with Crippen molar-refractivity contribution in [2.75, 3.05) is 13.1 Å². The van der Waals surface area contributed by atoms with Gasteiger partial charge >= 0.3 is 5.97 Å². The van der Waals surface area contributed by atoms with Crippen molar-refractivity contribution >= 4 is 11.9 Å². The third-order valence-corrected chi connectivity index (χ3v) is 15.4. The van der Waals surface area contributed by atoms with E-state index in [0.717, 1.165) is 64.5 Å². The van der Waals surface area contributed by atoms with Crippen molar-refractivity contribution < 1.29 is 14.3 Å². The fourth-order valence-electron chi connectivity index (χ4n) is 13.1. The summed E-state index contributed by atoms with van der Waals surface area (Å²) in [4.78, 5) is 26.3. The van der Waals surface area contributed by atoms with Gasteiger partial charge in [0.1, 0.15) is 6.10 Å². The van der Waals surface area contributed by atoms with E-state index in [1.54, 1.807) is 6.92 Å². The summed E-state index contributed by atoms with van der Waals surface area (Å²) in [6, 6.07) is 0. The number of esters is 1. The van der Waals surface area contributed by atoms with Gasteiger partial charge in [-0.25, -0.2) is 0 Å². The second-order valence-electron chi connectivity index (χ2n) is 17.6. The first-order valence-corrected chi connectivity index (χ1v) is 18.5. The highest BCUT2D eigenvalue weighted by Crippen LogP contribution is 2.77. The quantitative estimate of drug-likeness (QED) is 0.147. The van der Waals surface area contributed by atoms with Crippen LogP contribution in [0.4, 0.5) is 0 Å². The molecule has 250 valence electrons. The van der Waals surface area contributed by atoms with Crippen LogP contribution in [-0.2, 0) is 14.3 Å². The van der Waals surface area contributed by atoms with Crippen molar-refractivity contribution in [3.8, 4) is 0 Å². The van der Waals surface area contributed by atoms with E-state index in [1.165, 1.54) is 50.5 Å². The molecule has 1 unspecified atom stereocenters. The predicted octanol–water partition coefficient (Wildman–Crippen LogP) is 8.60. The SMILES string of the molecule is C=C(C)[C@@H]1CC[C@]2(C(=O)NCCCCCCCN)CC[C@]3(C)[C@H](CCC4[C@@]5(C)CC[C@H](OC(C)=O)C(C)(C)[C@@H]5CC[C@]43C)[C@@H]12. The zero-order chi connectivity index (χ0) is 32.1. The molecule has 0 spiro atoms. The minimum Gasteiger partial charge on any atom is -0.462 e. The lowest BCUT2D eigenvalue weighted by atomic mass is 9.32. The third kappa shape index (κ3) is 5.22. The first-order valence-electron chi connectivity index (χ1n) is 18.5. The zero-order valence-electron chi connectivity index (χ0n) is 29.5. The Bertz CT molecular complexity index is 1100. The van der Waals surface area contributed by atoms with E-state index in [1.807, 2.05) is 0 Å². The number of hydrogen-bond donors (Lipinski definition) is 2. The lowest BCUT2D eigenvalue weighted by molar-refractivity contribution is -0.248. The van der Waals surface area contributed by atoms with Gasteiger partial charge in [-0.05, 0) is 136 Å². The molecule has 0 radical (unpaired) electrons. The summed E-state index contributed by atoms with van der Waals surface area (Å²) < 4.78 is 5.95. The highest BCUT2D eigenvalue weighted by Gasteiger charge is 2.72. The van der Waals surface area contributed by atoms with E-state index in [0.29, 0.717) is 35.5 Å². The summed E-state index contributed by atoms with van der Waals surface area (Å²) in [5.74, 6) is 2.86. The molecule has 5 fully saturated rings. The Morgan fingerprint density at radius 2 is 1.50 bits per heavy atom. The molecule has 5 rings (SSSR count). The van der Waals surface area contributed by atoms with Gasteiger partial charge in [0.25, 0.3) is 0 Å². The maximum absolute atomic E-state index is 14.3. The lowest BCUT2D eigenvalue weighted by Crippen LogP contribution is -2.67. The first-order chi connectivity index (χ1) is 20.7. The molecule has 0 aromatic rings. The molecule has 44 heavy (non-hydrogen) atoms. The number of unbranched alkanes of at least 4 members (excludes halogenated alkanes) is 4. The standard InChI is InChI=1S/C39H66N2O3/c1-26(2)28-16-21-39(34(43)41-25-13-11-9-10-12-24-40)23-22-37(7)29(33(28)39)14-15-31-36(6)19-18-32(44-27(3)42)35(4,5)30(36)17-20-38(31,37)8/h28-33H,1,9-25,40H2,2-8H3,(H,41,43)/t28-,29+,30-,31?,32-,33+,36-,37+,38+,39-/m0/s1. The first kappa shape index (κ1) is 34.0. The summed E-state index contributed by atoms with van der Waals surface area (Å²) >= 11 is 0. The van der Waals surface area contributed by atoms with Crippen LogP contribution in [0.2, 0.25) is 0 Å². The van der Waals surface area contributed by atoms with Gasteiger partial charge in [-0.15, -0.1) is 0 Å². The van der Waals surface area contributed by atoms with Crippen LogP contribution >= 0.6 is 0 Å². The van der Waals surface area contributed by atoms with Gasteiger partial charge in [0.2, 0.25) is 5.91 Å². The van der Waals surface area contributed by atoms with Gasteiger partial charge in [0.15, 0.2) is 0 Å². The van der Waals surface area contributed by atoms with Crippen LogP contribution in [0.25, 0.3) is 0 Å². The van der Waals surface area contributed by atoms with E-state index in [2.05, 4.69) is 53.4 Å². The fraction of sp³-hybridized carbons (Fsp3) is 0.897. The predicted molar refractivity (Wildman–Crippen MR) is 180 cm³/mol. The highest BCUT2D eigenvalue weighted by molar-refractivity contribution is 5.83. The summed E-state index contributed by atoms with van der Waals surface area (Å²) in [5.41, 5.74) is 7.42. The van der Waals surface area contributed by atoms with Crippen LogP contribution < -0.4 is 11.1 Å². The zero-order valence-corrected chi connectivity index (χ0v) is 29.5. The molecule has 0 saturated heterocycles. The number of rotatable bonds is 10. The van der Waals surface area contributed by atoms with Crippen LogP contribution in [0.15, 0.2) is 12.2 Å². The minimum atomic E-state index is -0.234. The Hall–Kier alpha value is -1.36. The van der Waals surface area contributed by atoms with Gasteiger partial charge in [-0.3, -0.25) is 9.59 Å².